The van der Waals surface area contributed by atoms with E-state index < -0.39 is 0 Å². The number of amides is 1. The lowest BCUT2D eigenvalue weighted by molar-refractivity contribution is -0.123. The van der Waals surface area contributed by atoms with Gasteiger partial charge in [-0.2, -0.15) is 0 Å². The largest absolute Gasteiger partial charge is 0.349 e. The fourth-order valence-corrected chi connectivity index (χ4v) is 5.01. The fraction of sp³-hybridized carbons (Fsp3) is 0.632. The van der Waals surface area contributed by atoms with Crippen LogP contribution >= 0.6 is 23.2 Å². The molecule has 3 nitrogen and oxygen atoms in total. The topological polar surface area (TPSA) is 32.3 Å². The third-order valence-corrected chi connectivity index (χ3v) is 6.57. The Morgan fingerprint density at radius 3 is 2.58 bits per heavy atom. The van der Waals surface area contributed by atoms with Crippen LogP contribution in [-0.2, 0) is 11.2 Å². The summed E-state index contributed by atoms with van der Waals surface area (Å²) >= 11 is 13.2. The smallest absolute Gasteiger partial charge is 0.224 e. The van der Waals surface area contributed by atoms with Gasteiger partial charge in [-0.25, -0.2) is 0 Å². The van der Waals surface area contributed by atoms with E-state index in [1.165, 1.54) is 12.8 Å². The second-order valence-corrected chi connectivity index (χ2v) is 8.38. The van der Waals surface area contributed by atoms with Gasteiger partial charge in [-0.3, -0.25) is 9.69 Å². The Balaban J connectivity index is 1.73. The molecule has 0 aromatic heterocycles. The third-order valence-electron chi connectivity index (χ3n) is 5.41. The van der Waals surface area contributed by atoms with Crippen LogP contribution in [0.3, 0.4) is 0 Å². The highest BCUT2D eigenvalue weighted by atomic mass is 35.5. The standard InChI is InChI=1S/C19H26Cl2N2O/c1-19(22-16(24)13-14-7-3-2-4-8-14)10-9-15(20)17(21)18(19)23-11-5-6-12-23/h2-4,7-8,15,17-18H,5-6,9-13H2,1H3,(H,22,24). The predicted molar refractivity (Wildman–Crippen MR) is 99.8 cm³/mol. The molecule has 0 spiro atoms. The first-order valence-electron chi connectivity index (χ1n) is 8.87. The molecule has 1 aromatic rings. The quantitative estimate of drug-likeness (QED) is 0.823. The first kappa shape index (κ1) is 18.0. The number of hydrogen-bond donors (Lipinski definition) is 1. The fourth-order valence-electron chi connectivity index (χ4n) is 4.20. The normalized spacial score (nSPS) is 34.2. The third kappa shape index (κ3) is 3.89. The van der Waals surface area contributed by atoms with E-state index in [1.54, 1.807) is 0 Å². The number of alkyl halides is 2. The minimum atomic E-state index is -0.325. The van der Waals surface area contributed by atoms with Crippen molar-refractivity contribution >= 4 is 29.1 Å². The summed E-state index contributed by atoms with van der Waals surface area (Å²) in [7, 11) is 0. The van der Waals surface area contributed by atoms with Crippen LogP contribution in [0.1, 0.15) is 38.2 Å². The summed E-state index contributed by atoms with van der Waals surface area (Å²) in [4.78, 5) is 15.1. The maximum Gasteiger partial charge on any atom is 0.224 e. The zero-order valence-electron chi connectivity index (χ0n) is 14.2. The van der Waals surface area contributed by atoms with Crippen LogP contribution in [0, 0.1) is 0 Å². The van der Waals surface area contributed by atoms with Crippen LogP contribution in [0.5, 0.6) is 0 Å². The highest BCUT2D eigenvalue weighted by molar-refractivity contribution is 6.30. The molecule has 3 rings (SSSR count). The molecule has 1 aliphatic carbocycles. The van der Waals surface area contributed by atoms with E-state index in [4.69, 9.17) is 23.2 Å². The number of hydrogen-bond acceptors (Lipinski definition) is 2. The van der Waals surface area contributed by atoms with Gasteiger partial charge in [0.05, 0.1) is 28.8 Å². The van der Waals surface area contributed by atoms with Crippen molar-refractivity contribution in [3.63, 3.8) is 0 Å². The lowest BCUT2D eigenvalue weighted by atomic mass is 9.77. The van der Waals surface area contributed by atoms with Gasteiger partial charge in [-0.05, 0) is 51.3 Å². The van der Waals surface area contributed by atoms with Crippen molar-refractivity contribution < 1.29 is 4.79 Å². The molecule has 1 amide bonds. The number of likely N-dealkylation sites (tertiary alicyclic amines) is 1. The lowest BCUT2D eigenvalue weighted by Gasteiger charge is -2.50. The molecule has 2 fully saturated rings. The second-order valence-electron chi connectivity index (χ2n) is 7.32. The first-order chi connectivity index (χ1) is 11.5. The molecule has 132 valence electrons. The number of halogens is 2. The summed E-state index contributed by atoms with van der Waals surface area (Å²) in [5.41, 5.74) is 0.707. The number of carbonyl (C=O) groups is 1. The molecular weight excluding hydrogens is 343 g/mol. The van der Waals surface area contributed by atoms with Crippen LogP contribution in [0.4, 0.5) is 0 Å². The minimum absolute atomic E-state index is 0.0311. The Hall–Kier alpha value is -0.770. The van der Waals surface area contributed by atoms with Crippen LogP contribution < -0.4 is 5.32 Å². The summed E-state index contributed by atoms with van der Waals surface area (Å²) in [5, 5.41) is 3.13. The molecule has 1 aromatic carbocycles. The van der Waals surface area contributed by atoms with E-state index in [0.717, 1.165) is 31.5 Å². The monoisotopic (exact) mass is 368 g/mol. The molecule has 1 saturated heterocycles. The number of nitrogens with zero attached hydrogens (tertiary/aromatic N) is 1. The van der Waals surface area contributed by atoms with Gasteiger partial charge in [0, 0.05) is 0 Å². The molecular formula is C19H26Cl2N2O. The Labute approximate surface area is 154 Å². The highest BCUT2D eigenvalue weighted by Crippen LogP contribution is 2.39. The molecule has 0 radical (unpaired) electrons. The summed E-state index contributed by atoms with van der Waals surface area (Å²) in [6, 6.07) is 9.96. The number of nitrogens with one attached hydrogen (secondary N) is 1. The van der Waals surface area contributed by atoms with Crippen LogP contribution in [-0.4, -0.2) is 46.2 Å². The minimum Gasteiger partial charge on any atom is -0.349 e. The average molecular weight is 369 g/mol. The van der Waals surface area contributed by atoms with Crippen molar-refractivity contribution in [2.24, 2.45) is 0 Å². The Morgan fingerprint density at radius 2 is 1.92 bits per heavy atom. The SMILES string of the molecule is CC1(NC(=O)Cc2ccccc2)CCC(Cl)C(Cl)C1N1CCCC1. The average Bonchev–Trinajstić information content (AvgIpc) is 3.06. The van der Waals surface area contributed by atoms with Gasteiger partial charge in [-0.1, -0.05) is 30.3 Å². The molecule has 24 heavy (non-hydrogen) atoms. The second kappa shape index (κ2) is 7.63. The molecule has 2 aliphatic rings. The summed E-state index contributed by atoms with van der Waals surface area (Å²) < 4.78 is 0. The van der Waals surface area contributed by atoms with E-state index in [2.05, 4.69) is 17.1 Å². The Bertz CT molecular complexity index is 560. The summed E-state index contributed by atoms with van der Waals surface area (Å²) in [5.74, 6) is 0.0600. The van der Waals surface area contributed by atoms with Gasteiger partial charge < -0.3 is 5.32 Å². The lowest BCUT2D eigenvalue weighted by Crippen LogP contribution is -2.67. The molecule has 4 atom stereocenters. The molecule has 1 N–H and O–H groups in total. The molecule has 5 heteroatoms. The molecule has 1 aliphatic heterocycles. The number of rotatable bonds is 4. The van der Waals surface area contributed by atoms with Crippen LogP contribution in [0.15, 0.2) is 30.3 Å². The van der Waals surface area contributed by atoms with E-state index >= 15 is 0 Å². The Morgan fingerprint density at radius 1 is 1.25 bits per heavy atom. The van der Waals surface area contributed by atoms with Crippen molar-refractivity contribution in [2.45, 2.75) is 61.4 Å². The zero-order chi connectivity index (χ0) is 17.2. The van der Waals surface area contributed by atoms with Gasteiger partial charge in [0.1, 0.15) is 0 Å². The molecule has 0 bridgehead atoms. The molecule has 4 unspecified atom stereocenters. The van der Waals surface area contributed by atoms with Crippen molar-refractivity contribution in [3.05, 3.63) is 35.9 Å². The van der Waals surface area contributed by atoms with Crippen molar-refractivity contribution in [1.82, 2.24) is 10.2 Å². The van der Waals surface area contributed by atoms with Crippen molar-refractivity contribution in [3.8, 4) is 0 Å². The van der Waals surface area contributed by atoms with Crippen LogP contribution in [0.2, 0.25) is 0 Å². The van der Waals surface area contributed by atoms with E-state index in [0.29, 0.717) is 6.42 Å². The maximum absolute atomic E-state index is 12.6. The number of benzene rings is 1. The van der Waals surface area contributed by atoms with Crippen molar-refractivity contribution in [2.75, 3.05) is 13.1 Å². The molecule has 1 heterocycles. The van der Waals surface area contributed by atoms with Gasteiger partial charge >= 0.3 is 0 Å². The number of carbonyl (C=O) groups excluding carboxylic acids is 1. The van der Waals surface area contributed by atoms with Crippen LogP contribution in [0.25, 0.3) is 0 Å². The predicted octanol–water partition coefficient (Wildman–Crippen LogP) is 3.58. The molecule has 1 saturated carbocycles. The first-order valence-corrected chi connectivity index (χ1v) is 9.74. The van der Waals surface area contributed by atoms with E-state index in [-0.39, 0.29) is 28.2 Å². The van der Waals surface area contributed by atoms with Gasteiger partial charge in [0.15, 0.2) is 0 Å². The highest BCUT2D eigenvalue weighted by Gasteiger charge is 2.49. The summed E-state index contributed by atoms with van der Waals surface area (Å²) in [6.45, 7) is 4.22. The van der Waals surface area contributed by atoms with E-state index in [9.17, 15) is 4.79 Å². The van der Waals surface area contributed by atoms with Gasteiger partial charge in [-0.15, -0.1) is 23.2 Å². The van der Waals surface area contributed by atoms with Crippen molar-refractivity contribution in [1.29, 1.82) is 0 Å². The Kier molecular flexibility index (Phi) is 5.74. The van der Waals surface area contributed by atoms with E-state index in [1.807, 2.05) is 30.3 Å². The van der Waals surface area contributed by atoms with Gasteiger partial charge in [0.2, 0.25) is 5.91 Å². The summed E-state index contributed by atoms with van der Waals surface area (Å²) in [6.07, 6.45) is 4.50. The van der Waals surface area contributed by atoms with Gasteiger partial charge in [0.25, 0.3) is 0 Å². The zero-order valence-corrected chi connectivity index (χ0v) is 15.7. The maximum atomic E-state index is 12.6.